The monoisotopic (exact) mass is 447 g/mol. The quantitative estimate of drug-likeness (QED) is 0.169. The van der Waals surface area contributed by atoms with Crippen molar-refractivity contribution in [2.75, 3.05) is 5.73 Å². The molecule has 0 saturated heterocycles. The molecule has 0 radical (unpaired) electrons. The number of nitrogens with zero attached hydrogens (tertiary/aromatic N) is 2. The van der Waals surface area contributed by atoms with Crippen molar-refractivity contribution < 1.29 is 39.5 Å². The van der Waals surface area contributed by atoms with Gasteiger partial charge in [0.25, 0.3) is 0 Å². The summed E-state index contributed by atoms with van der Waals surface area (Å²) in [5.74, 6) is -3.70. The summed E-state index contributed by atoms with van der Waals surface area (Å²) in [5.41, 5.74) is 6.05. The van der Waals surface area contributed by atoms with E-state index >= 15 is 0 Å². The van der Waals surface area contributed by atoms with E-state index in [9.17, 15) is 29.7 Å². The molecule has 0 aliphatic carbocycles. The highest BCUT2D eigenvalue weighted by Crippen LogP contribution is 2.37. The van der Waals surface area contributed by atoms with Crippen molar-refractivity contribution in [1.29, 1.82) is 0 Å². The number of aryl methyl sites for hydroxylation is 1. The molecule has 2 aromatic rings. The van der Waals surface area contributed by atoms with Gasteiger partial charge in [-0.05, 0) is 30.0 Å². The van der Waals surface area contributed by atoms with Crippen molar-refractivity contribution in [2.45, 2.75) is 31.5 Å². The molecule has 1 atom stereocenters. The fraction of sp³-hybridized carbons (Fsp3) is 0.278. The molecule has 1 aromatic heterocycles. The van der Waals surface area contributed by atoms with Crippen LogP contribution in [0.3, 0.4) is 0 Å². The van der Waals surface area contributed by atoms with E-state index in [2.05, 4.69) is 10.1 Å². The smallest absolute Gasteiger partial charge is 0.526 e. The molecule has 1 aliphatic heterocycles. The topological polar surface area (TPSA) is 193 Å². The minimum Gasteiger partial charge on any atom is -0.535 e. The molecule has 31 heavy (non-hydrogen) atoms. The first-order chi connectivity index (χ1) is 14.7. The molecule has 0 amide bonds. The number of hydrogen-bond acceptors (Lipinski definition) is 10. The van der Waals surface area contributed by atoms with Crippen LogP contribution in [0.4, 0.5) is 5.13 Å². The van der Waals surface area contributed by atoms with Gasteiger partial charge < -0.3 is 30.8 Å². The number of nitrogen functional groups attached to an aromatic ring is 1. The van der Waals surface area contributed by atoms with Crippen LogP contribution in [0.25, 0.3) is 0 Å². The maximum Gasteiger partial charge on any atom is 0.526 e. The number of thiazole rings is 1. The van der Waals surface area contributed by atoms with Crippen LogP contribution in [0.2, 0.25) is 5.82 Å². The Bertz CT molecular complexity index is 1070. The normalized spacial score (nSPS) is 15.8. The summed E-state index contributed by atoms with van der Waals surface area (Å²) in [4.78, 5) is 39.0. The molecule has 162 valence electrons. The summed E-state index contributed by atoms with van der Waals surface area (Å²) in [6.45, 7) is 0. The summed E-state index contributed by atoms with van der Waals surface area (Å²) >= 11 is 1.07. The number of ketones is 1. The van der Waals surface area contributed by atoms with Crippen molar-refractivity contribution >= 4 is 47.0 Å². The van der Waals surface area contributed by atoms with Gasteiger partial charge in [0.1, 0.15) is 17.0 Å². The maximum atomic E-state index is 12.6. The van der Waals surface area contributed by atoms with Gasteiger partial charge >= 0.3 is 19.1 Å². The van der Waals surface area contributed by atoms with E-state index in [4.69, 9.17) is 15.5 Å². The summed E-state index contributed by atoms with van der Waals surface area (Å²) in [5, 5.41) is 42.6. The van der Waals surface area contributed by atoms with Crippen LogP contribution in [0, 0.1) is 0 Å². The van der Waals surface area contributed by atoms with Gasteiger partial charge in [-0.3, -0.25) is 9.59 Å². The van der Waals surface area contributed by atoms with Gasteiger partial charge in [0.15, 0.2) is 16.6 Å². The van der Waals surface area contributed by atoms with Gasteiger partial charge in [0, 0.05) is 24.0 Å². The Labute approximate surface area is 179 Å². The van der Waals surface area contributed by atoms with Crippen LogP contribution in [-0.4, -0.2) is 56.0 Å². The lowest BCUT2D eigenvalue weighted by Crippen LogP contribution is -2.37. The molecule has 0 unspecified atom stereocenters. The lowest BCUT2D eigenvalue weighted by Gasteiger charge is -2.28. The Balaban J connectivity index is 1.84. The zero-order valence-corrected chi connectivity index (χ0v) is 16.8. The number of nitrogens with two attached hydrogens (primary N) is 1. The third-order valence-electron chi connectivity index (χ3n) is 4.78. The Morgan fingerprint density at radius 2 is 2.06 bits per heavy atom. The highest BCUT2D eigenvalue weighted by molar-refractivity contribution is 7.13. The Morgan fingerprint density at radius 1 is 1.32 bits per heavy atom. The molecule has 11 nitrogen and oxygen atoms in total. The lowest BCUT2D eigenvalue weighted by atomic mass is 9.64. The molecule has 3 rings (SSSR count). The zero-order chi connectivity index (χ0) is 22.7. The molecule has 6 N–H and O–H groups in total. The van der Waals surface area contributed by atoms with Crippen molar-refractivity contribution in [1.82, 2.24) is 4.98 Å². The average molecular weight is 447 g/mol. The van der Waals surface area contributed by atoms with Gasteiger partial charge in [-0.15, -0.1) is 11.3 Å². The fourth-order valence-corrected chi connectivity index (χ4v) is 3.90. The van der Waals surface area contributed by atoms with E-state index in [-0.39, 0.29) is 53.5 Å². The van der Waals surface area contributed by atoms with Crippen LogP contribution >= 0.6 is 11.3 Å². The highest BCUT2D eigenvalue weighted by Gasteiger charge is 2.39. The molecule has 13 heteroatoms. The molecule has 0 fully saturated rings. The van der Waals surface area contributed by atoms with Crippen LogP contribution in [0.15, 0.2) is 22.7 Å². The van der Waals surface area contributed by atoms with E-state index in [0.717, 1.165) is 11.3 Å². The van der Waals surface area contributed by atoms with E-state index < -0.39 is 30.7 Å². The van der Waals surface area contributed by atoms with Crippen LogP contribution in [-0.2, 0) is 22.4 Å². The SMILES string of the molecule is Nc1nc(/C(=N/O)C(=O)C[C@H]2Cc3cc(CCC(=O)O)cc(C(=O)O)c3OB2O)cs1. The molecular formula is C18H18BN3O8S. The van der Waals surface area contributed by atoms with Crippen molar-refractivity contribution in [2.24, 2.45) is 5.16 Å². The summed E-state index contributed by atoms with van der Waals surface area (Å²) in [7, 11) is -1.47. The number of aliphatic carboxylic acids is 1. The van der Waals surface area contributed by atoms with E-state index in [1.165, 1.54) is 11.4 Å². The number of carboxylic acids is 2. The zero-order valence-electron chi connectivity index (χ0n) is 16.0. The molecule has 0 bridgehead atoms. The number of oxime groups is 1. The molecule has 0 spiro atoms. The van der Waals surface area contributed by atoms with Crippen molar-refractivity contribution in [3.05, 3.63) is 39.9 Å². The highest BCUT2D eigenvalue weighted by atomic mass is 32.1. The second-order valence-electron chi connectivity index (χ2n) is 6.95. The van der Waals surface area contributed by atoms with Gasteiger partial charge in [-0.1, -0.05) is 11.2 Å². The fourth-order valence-electron chi connectivity index (χ4n) is 3.35. The molecule has 2 heterocycles. The minimum atomic E-state index is -1.47. The second kappa shape index (κ2) is 9.14. The molecule has 0 saturated carbocycles. The molecule has 1 aromatic carbocycles. The third-order valence-corrected chi connectivity index (χ3v) is 5.46. The van der Waals surface area contributed by atoms with Crippen molar-refractivity contribution in [3.63, 3.8) is 0 Å². The predicted molar refractivity (Wildman–Crippen MR) is 110 cm³/mol. The molecular weight excluding hydrogens is 429 g/mol. The summed E-state index contributed by atoms with van der Waals surface area (Å²) < 4.78 is 5.41. The second-order valence-corrected chi connectivity index (χ2v) is 7.84. The Kier molecular flexibility index (Phi) is 6.56. The minimum absolute atomic E-state index is 0.0221. The lowest BCUT2D eigenvalue weighted by molar-refractivity contribution is -0.137. The Hall–Kier alpha value is -3.45. The number of carbonyl (C=O) groups excluding carboxylic acids is 1. The first kappa shape index (κ1) is 22.2. The van der Waals surface area contributed by atoms with Gasteiger partial charge in [0.05, 0.1) is 0 Å². The number of rotatable bonds is 8. The van der Waals surface area contributed by atoms with Gasteiger partial charge in [-0.2, -0.15) is 0 Å². The van der Waals surface area contributed by atoms with Crippen molar-refractivity contribution in [3.8, 4) is 5.75 Å². The van der Waals surface area contributed by atoms with Crippen LogP contribution in [0.5, 0.6) is 5.75 Å². The standard InChI is InChI=1S/C18H18BN3O8S/c20-18-21-12(7-31-18)15(22-29)13(23)6-10-5-9-3-8(1-2-14(24)25)4-11(17(26)27)16(9)30-19(10)28/h3-4,7,10,28-29H,1-2,5-6H2,(H2,20,21)(H,24,25)(H,26,27)/b22-15-/t10-/m1/s1. The maximum absolute atomic E-state index is 12.6. The number of hydrogen-bond donors (Lipinski definition) is 5. The number of benzene rings is 1. The summed E-state index contributed by atoms with van der Waals surface area (Å²) in [6.07, 6.45) is -0.238. The number of fused-ring (bicyclic) bond motifs is 1. The first-order valence-electron chi connectivity index (χ1n) is 9.11. The van der Waals surface area contributed by atoms with Gasteiger partial charge in [-0.25, -0.2) is 9.78 Å². The van der Waals surface area contributed by atoms with Crippen LogP contribution in [0.1, 0.15) is 40.0 Å². The average Bonchev–Trinajstić information content (AvgIpc) is 3.12. The number of aromatic carboxylic acids is 1. The van der Waals surface area contributed by atoms with E-state index in [0.29, 0.717) is 11.1 Å². The number of carboxylic acid groups (broad SMARTS) is 2. The van der Waals surface area contributed by atoms with Gasteiger partial charge in [0.2, 0.25) is 0 Å². The Morgan fingerprint density at radius 3 is 2.65 bits per heavy atom. The predicted octanol–water partition coefficient (Wildman–Crippen LogP) is 1.06. The summed E-state index contributed by atoms with van der Waals surface area (Å²) in [6, 6.07) is 2.92. The number of aromatic nitrogens is 1. The van der Waals surface area contributed by atoms with E-state index in [1.54, 1.807) is 6.07 Å². The number of Topliss-reactive ketones (excluding diaryl/α,β-unsaturated/α-hetero) is 1. The number of anilines is 1. The first-order valence-corrected chi connectivity index (χ1v) is 9.99. The largest absolute Gasteiger partial charge is 0.535 e. The molecule has 1 aliphatic rings. The third kappa shape index (κ3) is 5.01. The number of carbonyl (C=O) groups is 3. The van der Waals surface area contributed by atoms with Crippen LogP contribution < -0.4 is 10.4 Å². The van der Waals surface area contributed by atoms with E-state index in [1.807, 2.05) is 0 Å².